The van der Waals surface area contributed by atoms with Crippen LogP contribution >= 0.6 is 0 Å². The zero-order valence-corrected chi connectivity index (χ0v) is 10.0. The molecule has 1 unspecified atom stereocenters. The van der Waals surface area contributed by atoms with Gasteiger partial charge in [-0.1, -0.05) is 18.2 Å². The molecule has 0 aliphatic heterocycles. The molecule has 0 saturated heterocycles. The minimum Gasteiger partial charge on any atom is -0.381 e. The molecule has 2 aromatic rings. The molecule has 0 amide bonds. The van der Waals surface area contributed by atoms with Crippen LogP contribution in [0.5, 0.6) is 0 Å². The molecule has 1 atom stereocenters. The van der Waals surface area contributed by atoms with Crippen molar-refractivity contribution >= 4 is 16.6 Å². The quantitative estimate of drug-likeness (QED) is 0.757. The summed E-state index contributed by atoms with van der Waals surface area (Å²) in [7, 11) is 1.62. The van der Waals surface area contributed by atoms with E-state index < -0.39 is 0 Å². The number of pyridine rings is 1. The van der Waals surface area contributed by atoms with Gasteiger partial charge in [-0.3, -0.25) is 9.78 Å². The Morgan fingerprint density at radius 3 is 3.00 bits per heavy atom. The molecule has 0 fully saturated rings. The predicted octanol–water partition coefficient (Wildman–Crippen LogP) is 2.84. The van der Waals surface area contributed by atoms with E-state index in [2.05, 4.69) is 4.98 Å². The lowest BCUT2D eigenvalue weighted by Gasteiger charge is -2.09. The van der Waals surface area contributed by atoms with Crippen LogP contribution in [0, 0.1) is 0 Å². The van der Waals surface area contributed by atoms with Crippen molar-refractivity contribution in [2.24, 2.45) is 0 Å². The summed E-state index contributed by atoms with van der Waals surface area (Å²) in [6.07, 6.45) is 3.82. The summed E-state index contributed by atoms with van der Waals surface area (Å²) in [5.41, 5.74) is 0.744. The molecule has 0 spiro atoms. The van der Waals surface area contributed by atoms with E-state index in [1.165, 1.54) is 0 Å². The van der Waals surface area contributed by atoms with Crippen LogP contribution in [0.1, 0.15) is 23.7 Å². The van der Waals surface area contributed by atoms with Gasteiger partial charge >= 0.3 is 0 Å². The Hall–Kier alpha value is -1.74. The number of hydrogen-bond acceptors (Lipinski definition) is 3. The zero-order valence-electron chi connectivity index (χ0n) is 10.0. The Morgan fingerprint density at radius 2 is 2.24 bits per heavy atom. The summed E-state index contributed by atoms with van der Waals surface area (Å²) in [5, 5.41) is 1.94. The molecule has 0 radical (unpaired) electrons. The van der Waals surface area contributed by atoms with Gasteiger partial charge in [-0.2, -0.15) is 0 Å². The summed E-state index contributed by atoms with van der Waals surface area (Å²) >= 11 is 0. The van der Waals surface area contributed by atoms with Gasteiger partial charge in [-0.15, -0.1) is 0 Å². The van der Waals surface area contributed by atoms with Gasteiger partial charge in [0.2, 0.25) is 0 Å². The number of rotatable bonds is 4. The minimum atomic E-state index is -0.0559. The SMILES string of the molecule is COC(C)CC(=O)c1cccc2cnccc12. The molecule has 1 aromatic carbocycles. The second-order valence-corrected chi connectivity index (χ2v) is 4.08. The first-order valence-electron chi connectivity index (χ1n) is 5.61. The average Bonchev–Trinajstić information content (AvgIpc) is 2.37. The first kappa shape index (κ1) is 11.7. The topological polar surface area (TPSA) is 39.2 Å². The monoisotopic (exact) mass is 229 g/mol. The van der Waals surface area contributed by atoms with E-state index in [1.54, 1.807) is 19.5 Å². The molecule has 0 N–H and O–H groups in total. The first-order chi connectivity index (χ1) is 8.22. The van der Waals surface area contributed by atoms with Crippen LogP contribution in [-0.4, -0.2) is 24.0 Å². The molecule has 0 aliphatic rings. The Kier molecular flexibility index (Phi) is 3.49. The van der Waals surface area contributed by atoms with Crippen LogP contribution in [0.25, 0.3) is 10.8 Å². The standard InChI is InChI=1S/C14H15NO2/c1-10(17-2)8-14(16)13-5-3-4-11-9-15-7-6-12(11)13/h3-7,9-10H,8H2,1-2H3. The van der Waals surface area contributed by atoms with Crippen molar-refractivity contribution in [1.29, 1.82) is 0 Å². The number of carbonyl (C=O) groups is 1. The van der Waals surface area contributed by atoms with Crippen LogP contribution in [0.2, 0.25) is 0 Å². The summed E-state index contributed by atoms with van der Waals surface area (Å²) in [6.45, 7) is 1.89. The second kappa shape index (κ2) is 5.06. The fraction of sp³-hybridized carbons (Fsp3) is 0.286. The highest BCUT2D eigenvalue weighted by molar-refractivity contribution is 6.08. The van der Waals surface area contributed by atoms with Crippen molar-refractivity contribution in [2.75, 3.05) is 7.11 Å². The average molecular weight is 229 g/mol. The molecule has 0 bridgehead atoms. The maximum Gasteiger partial charge on any atom is 0.166 e. The molecule has 3 heteroatoms. The number of aromatic nitrogens is 1. The van der Waals surface area contributed by atoms with Crippen LogP contribution in [-0.2, 0) is 4.74 Å². The fourth-order valence-electron chi connectivity index (χ4n) is 1.82. The van der Waals surface area contributed by atoms with Gasteiger partial charge in [0.05, 0.1) is 6.10 Å². The van der Waals surface area contributed by atoms with Gasteiger partial charge in [-0.05, 0) is 18.4 Å². The molecule has 1 heterocycles. The van der Waals surface area contributed by atoms with Crippen LogP contribution in [0.3, 0.4) is 0 Å². The lowest BCUT2D eigenvalue weighted by molar-refractivity contribution is 0.0793. The van der Waals surface area contributed by atoms with Crippen molar-refractivity contribution in [2.45, 2.75) is 19.4 Å². The number of hydrogen-bond donors (Lipinski definition) is 0. The van der Waals surface area contributed by atoms with E-state index in [-0.39, 0.29) is 11.9 Å². The lowest BCUT2D eigenvalue weighted by atomic mass is 10.00. The van der Waals surface area contributed by atoms with E-state index >= 15 is 0 Å². The fourth-order valence-corrected chi connectivity index (χ4v) is 1.82. The van der Waals surface area contributed by atoms with E-state index in [1.807, 2.05) is 31.2 Å². The molecule has 17 heavy (non-hydrogen) atoms. The van der Waals surface area contributed by atoms with Gasteiger partial charge < -0.3 is 4.74 Å². The Bertz CT molecular complexity index is 531. The van der Waals surface area contributed by atoms with E-state index in [0.717, 1.165) is 16.3 Å². The molecule has 0 saturated carbocycles. The normalized spacial score (nSPS) is 12.6. The Balaban J connectivity index is 2.38. The van der Waals surface area contributed by atoms with Crippen molar-refractivity contribution in [3.63, 3.8) is 0 Å². The highest BCUT2D eigenvalue weighted by Crippen LogP contribution is 2.19. The van der Waals surface area contributed by atoms with Crippen LogP contribution < -0.4 is 0 Å². The molecule has 1 aromatic heterocycles. The van der Waals surface area contributed by atoms with Gasteiger partial charge in [0, 0.05) is 36.9 Å². The molecule has 88 valence electrons. The third-order valence-electron chi connectivity index (χ3n) is 2.86. The third kappa shape index (κ3) is 2.50. The van der Waals surface area contributed by atoms with E-state index in [0.29, 0.717) is 6.42 Å². The van der Waals surface area contributed by atoms with Crippen molar-refractivity contribution in [1.82, 2.24) is 4.98 Å². The lowest BCUT2D eigenvalue weighted by Crippen LogP contribution is -2.12. The number of benzene rings is 1. The summed E-state index contributed by atoms with van der Waals surface area (Å²) < 4.78 is 5.12. The van der Waals surface area contributed by atoms with Gasteiger partial charge in [-0.25, -0.2) is 0 Å². The maximum atomic E-state index is 12.1. The number of fused-ring (bicyclic) bond motifs is 1. The summed E-state index contributed by atoms with van der Waals surface area (Å²) in [6, 6.07) is 7.57. The molecule has 0 aliphatic carbocycles. The van der Waals surface area contributed by atoms with Crippen LogP contribution in [0.4, 0.5) is 0 Å². The van der Waals surface area contributed by atoms with Gasteiger partial charge in [0.15, 0.2) is 5.78 Å². The Morgan fingerprint density at radius 1 is 1.41 bits per heavy atom. The van der Waals surface area contributed by atoms with E-state index in [9.17, 15) is 4.79 Å². The maximum absolute atomic E-state index is 12.1. The minimum absolute atomic E-state index is 0.0559. The largest absolute Gasteiger partial charge is 0.381 e. The second-order valence-electron chi connectivity index (χ2n) is 4.08. The molecule has 3 nitrogen and oxygen atoms in total. The third-order valence-corrected chi connectivity index (χ3v) is 2.86. The number of carbonyl (C=O) groups excluding carboxylic acids is 1. The molecule has 2 rings (SSSR count). The van der Waals surface area contributed by atoms with E-state index in [4.69, 9.17) is 4.74 Å². The summed E-state index contributed by atoms with van der Waals surface area (Å²) in [5.74, 6) is 0.108. The highest BCUT2D eigenvalue weighted by atomic mass is 16.5. The Labute approximate surface area is 100 Å². The van der Waals surface area contributed by atoms with Crippen LogP contribution in [0.15, 0.2) is 36.7 Å². The predicted molar refractivity (Wildman–Crippen MR) is 67.2 cm³/mol. The van der Waals surface area contributed by atoms with Crippen molar-refractivity contribution < 1.29 is 9.53 Å². The number of Topliss-reactive ketones (excluding diaryl/α,β-unsaturated/α-hetero) is 1. The number of nitrogens with zero attached hydrogens (tertiary/aromatic N) is 1. The number of ketones is 1. The summed E-state index contributed by atoms with van der Waals surface area (Å²) in [4.78, 5) is 16.2. The van der Waals surface area contributed by atoms with Crippen molar-refractivity contribution in [3.05, 3.63) is 42.2 Å². The van der Waals surface area contributed by atoms with Crippen molar-refractivity contribution in [3.8, 4) is 0 Å². The zero-order chi connectivity index (χ0) is 12.3. The molecular weight excluding hydrogens is 214 g/mol. The highest BCUT2D eigenvalue weighted by Gasteiger charge is 2.13. The number of ether oxygens (including phenoxy) is 1. The number of methoxy groups -OCH3 is 1. The molecular formula is C14H15NO2. The first-order valence-corrected chi connectivity index (χ1v) is 5.61. The van der Waals surface area contributed by atoms with Gasteiger partial charge in [0.1, 0.15) is 0 Å². The van der Waals surface area contributed by atoms with Gasteiger partial charge in [0.25, 0.3) is 0 Å². The smallest absolute Gasteiger partial charge is 0.166 e.